The summed E-state index contributed by atoms with van der Waals surface area (Å²) in [6, 6.07) is 8.91. The van der Waals surface area contributed by atoms with E-state index in [1.165, 1.54) is 30.4 Å². The molecule has 13 heavy (non-hydrogen) atoms. The number of rotatable bonds is 4. The van der Waals surface area contributed by atoms with Gasteiger partial charge in [-0.3, -0.25) is 0 Å². The van der Waals surface area contributed by atoms with Gasteiger partial charge in [-0.05, 0) is 24.8 Å². The highest BCUT2D eigenvalue weighted by atomic mass is 14.1. The quantitative estimate of drug-likeness (QED) is 0.651. The van der Waals surface area contributed by atoms with Gasteiger partial charge in [0.25, 0.3) is 0 Å². The molecule has 0 spiro atoms. The number of hydrogen-bond acceptors (Lipinski definition) is 0. The van der Waals surface area contributed by atoms with Crippen molar-refractivity contribution >= 4 is 0 Å². The summed E-state index contributed by atoms with van der Waals surface area (Å²) in [4.78, 5) is 0. The molecule has 0 aromatic heterocycles. The maximum atomic E-state index is 2.34. The summed E-state index contributed by atoms with van der Waals surface area (Å²) in [7, 11) is 0. The van der Waals surface area contributed by atoms with E-state index in [0.717, 1.165) is 5.92 Å². The van der Waals surface area contributed by atoms with Crippen LogP contribution >= 0.6 is 0 Å². The van der Waals surface area contributed by atoms with Gasteiger partial charge in [0.1, 0.15) is 0 Å². The molecule has 0 aliphatic carbocycles. The lowest BCUT2D eigenvalue weighted by Gasteiger charge is -2.09. The molecule has 1 atom stereocenters. The van der Waals surface area contributed by atoms with E-state index in [1.54, 1.807) is 0 Å². The van der Waals surface area contributed by atoms with Crippen molar-refractivity contribution in [2.24, 2.45) is 5.92 Å². The van der Waals surface area contributed by atoms with Crippen molar-refractivity contribution in [1.82, 2.24) is 0 Å². The molecule has 1 aromatic carbocycles. The van der Waals surface area contributed by atoms with Gasteiger partial charge in [-0.1, -0.05) is 56.5 Å². The van der Waals surface area contributed by atoms with Crippen molar-refractivity contribution in [3.05, 3.63) is 35.4 Å². The average molecular weight is 176 g/mol. The summed E-state index contributed by atoms with van der Waals surface area (Å²) in [6.07, 6.45) is 3.87. The fourth-order valence-electron chi connectivity index (χ4n) is 1.72. The van der Waals surface area contributed by atoms with Crippen molar-refractivity contribution < 1.29 is 0 Å². The first-order valence-electron chi connectivity index (χ1n) is 5.28. The van der Waals surface area contributed by atoms with Gasteiger partial charge >= 0.3 is 0 Å². The minimum absolute atomic E-state index is 0.827. The van der Waals surface area contributed by atoms with Gasteiger partial charge < -0.3 is 0 Å². The molecule has 1 aromatic rings. The van der Waals surface area contributed by atoms with E-state index in [2.05, 4.69) is 45.0 Å². The monoisotopic (exact) mass is 176 g/mol. The largest absolute Gasteiger partial charge is 0.0654 e. The van der Waals surface area contributed by atoms with E-state index in [4.69, 9.17) is 0 Å². The Morgan fingerprint density at radius 2 is 1.77 bits per heavy atom. The summed E-state index contributed by atoms with van der Waals surface area (Å²) in [6.45, 7) is 6.73. The van der Waals surface area contributed by atoms with Gasteiger partial charge in [-0.25, -0.2) is 0 Å². The van der Waals surface area contributed by atoms with Gasteiger partial charge in [0.15, 0.2) is 0 Å². The maximum Gasteiger partial charge on any atom is -0.0253 e. The molecule has 0 fully saturated rings. The minimum atomic E-state index is 0.827. The van der Waals surface area contributed by atoms with Gasteiger partial charge in [-0.2, -0.15) is 0 Å². The third-order valence-electron chi connectivity index (χ3n) is 2.49. The fourth-order valence-corrected chi connectivity index (χ4v) is 1.72. The van der Waals surface area contributed by atoms with E-state index in [-0.39, 0.29) is 0 Å². The second kappa shape index (κ2) is 5.06. The van der Waals surface area contributed by atoms with Crippen LogP contribution in [0.15, 0.2) is 24.3 Å². The van der Waals surface area contributed by atoms with Crippen LogP contribution < -0.4 is 0 Å². The van der Waals surface area contributed by atoms with Crippen LogP contribution in [-0.2, 0) is 6.42 Å². The molecule has 72 valence electrons. The first-order valence-corrected chi connectivity index (χ1v) is 5.28. The van der Waals surface area contributed by atoms with Gasteiger partial charge in [0, 0.05) is 0 Å². The van der Waals surface area contributed by atoms with Crippen LogP contribution in [-0.4, -0.2) is 0 Å². The first kappa shape index (κ1) is 10.3. The Kier molecular flexibility index (Phi) is 4.01. The fraction of sp³-hybridized carbons (Fsp3) is 0.538. The minimum Gasteiger partial charge on any atom is -0.0654 e. The lowest BCUT2D eigenvalue weighted by molar-refractivity contribution is 0.522. The molecule has 0 unspecified atom stereocenters. The smallest absolute Gasteiger partial charge is 0.0253 e. The molecule has 0 aliphatic rings. The summed E-state index contributed by atoms with van der Waals surface area (Å²) in [5, 5.41) is 0. The van der Waals surface area contributed by atoms with Gasteiger partial charge in [0.2, 0.25) is 0 Å². The van der Waals surface area contributed by atoms with Gasteiger partial charge in [0.05, 0.1) is 0 Å². The highest BCUT2D eigenvalue weighted by molar-refractivity contribution is 5.21. The van der Waals surface area contributed by atoms with Crippen LogP contribution in [0.25, 0.3) is 0 Å². The van der Waals surface area contributed by atoms with Crippen molar-refractivity contribution in [3.63, 3.8) is 0 Å². The summed E-state index contributed by atoms with van der Waals surface area (Å²) >= 11 is 0. The molecule has 0 bridgehead atoms. The zero-order valence-corrected chi connectivity index (χ0v) is 9.01. The molecule has 0 amide bonds. The zero-order chi connectivity index (χ0) is 9.68. The van der Waals surface area contributed by atoms with Crippen molar-refractivity contribution in [3.8, 4) is 0 Å². The lowest BCUT2D eigenvalue weighted by Crippen LogP contribution is -1.98. The Balaban J connectivity index is 2.49. The number of aryl methyl sites for hydroxylation is 1. The molecule has 0 aliphatic heterocycles. The van der Waals surface area contributed by atoms with Crippen molar-refractivity contribution in [2.75, 3.05) is 0 Å². The Hall–Kier alpha value is -0.780. The van der Waals surface area contributed by atoms with Crippen molar-refractivity contribution in [1.29, 1.82) is 0 Å². The Morgan fingerprint density at radius 3 is 2.31 bits per heavy atom. The molecule has 0 radical (unpaired) electrons. The van der Waals surface area contributed by atoms with Crippen molar-refractivity contribution in [2.45, 2.75) is 40.0 Å². The molecule has 0 heteroatoms. The Labute approximate surface area is 82.0 Å². The highest BCUT2D eigenvalue weighted by Gasteiger charge is 2.01. The van der Waals surface area contributed by atoms with Crippen LogP contribution in [0.3, 0.4) is 0 Å². The van der Waals surface area contributed by atoms with E-state index in [1.807, 2.05) is 0 Å². The molecular formula is C13H20. The third-order valence-corrected chi connectivity index (χ3v) is 2.49. The molecule has 0 N–H and O–H groups in total. The number of benzene rings is 1. The Morgan fingerprint density at radius 1 is 1.15 bits per heavy atom. The molecule has 0 saturated carbocycles. The second-order valence-electron chi connectivity index (χ2n) is 4.08. The average Bonchev–Trinajstić information content (AvgIpc) is 2.09. The van der Waals surface area contributed by atoms with E-state index < -0.39 is 0 Å². The summed E-state index contributed by atoms with van der Waals surface area (Å²) < 4.78 is 0. The van der Waals surface area contributed by atoms with Crippen LogP contribution in [0.5, 0.6) is 0 Å². The predicted molar refractivity (Wildman–Crippen MR) is 59.0 cm³/mol. The molecule has 0 nitrogen and oxygen atoms in total. The second-order valence-corrected chi connectivity index (χ2v) is 4.08. The van der Waals surface area contributed by atoms with E-state index in [0.29, 0.717) is 0 Å². The zero-order valence-electron chi connectivity index (χ0n) is 9.01. The molecular weight excluding hydrogens is 156 g/mol. The van der Waals surface area contributed by atoms with Crippen LogP contribution in [0, 0.1) is 12.8 Å². The lowest BCUT2D eigenvalue weighted by atomic mass is 9.96. The Bertz CT molecular complexity index is 233. The standard InChI is InChI=1S/C13H20/c1-4-5-12(3)10-13-8-6-11(2)7-9-13/h6-9,12H,4-5,10H2,1-3H3/t12-/m1/s1. The first-order chi connectivity index (χ1) is 6.22. The van der Waals surface area contributed by atoms with Gasteiger partial charge in [-0.15, -0.1) is 0 Å². The topological polar surface area (TPSA) is 0 Å². The van der Waals surface area contributed by atoms with E-state index in [9.17, 15) is 0 Å². The normalized spacial score (nSPS) is 12.8. The van der Waals surface area contributed by atoms with Crippen LogP contribution in [0.2, 0.25) is 0 Å². The SMILES string of the molecule is CCC[C@@H](C)Cc1ccc(C)cc1. The summed E-state index contributed by atoms with van der Waals surface area (Å²) in [5.74, 6) is 0.827. The molecule has 0 heterocycles. The maximum absolute atomic E-state index is 2.34. The van der Waals surface area contributed by atoms with Crippen LogP contribution in [0.1, 0.15) is 37.8 Å². The van der Waals surface area contributed by atoms with Crippen LogP contribution in [0.4, 0.5) is 0 Å². The van der Waals surface area contributed by atoms with E-state index >= 15 is 0 Å². The molecule has 1 rings (SSSR count). The third kappa shape index (κ3) is 3.63. The number of hydrogen-bond donors (Lipinski definition) is 0. The highest BCUT2D eigenvalue weighted by Crippen LogP contribution is 2.13. The summed E-state index contributed by atoms with van der Waals surface area (Å²) in [5.41, 5.74) is 2.83. The molecule has 0 saturated heterocycles. The predicted octanol–water partition coefficient (Wildman–Crippen LogP) is 3.97.